The van der Waals surface area contributed by atoms with Crippen molar-refractivity contribution in [3.8, 4) is 5.75 Å². The molecular formula is C20H19FN2O3. The van der Waals surface area contributed by atoms with Gasteiger partial charge in [0, 0.05) is 29.3 Å². The Morgan fingerprint density at radius 1 is 1.27 bits per heavy atom. The zero-order valence-electron chi connectivity index (χ0n) is 14.1. The molecule has 0 spiro atoms. The Balaban J connectivity index is 1.44. The number of H-pyrrole nitrogens is 1. The van der Waals surface area contributed by atoms with Gasteiger partial charge < -0.3 is 19.8 Å². The van der Waals surface area contributed by atoms with E-state index in [1.807, 2.05) is 12.1 Å². The molecule has 6 heteroatoms. The molecule has 4 rings (SSSR count). The van der Waals surface area contributed by atoms with E-state index in [4.69, 9.17) is 9.47 Å². The second-order valence-electron chi connectivity index (χ2n) is 6.31. The van der Waals surface area contributed by atoms with Gasteiger partial charge in [-0.05, 0) is 43.2 Å². The molecular weight excluding hydrogens is 335 g/mol. The number of aromatic amines is 1. The van der Waals surface area contributed by atoms with Crippen LogP contribution in [0.25, 0.3) is 10.9 Å². The number of hydrogen-bond acceptors (Lipinski definition) is 3. The highest BCUT2D eigenvalue weighted by molar-refractivity contribution is 6.06. The number of aromatic nitrogens is 1. The summed E-state index contributed by atoms with van der Waals surface area (Å²) in [5, 5.41) is 3.20. The number of carbonyl (C=O) groups is 1. The Labute approximate surface area is 150 Å². The van der Waals surface area contributed by atoms with Gasteiger partial charge in [-0.1, -0.05) is 12.1 Å². The summed E-state index contributed by atoms with van der Waals surface area (Å²) in [5.41, 5.74) is 1.50. The Morgan fingerprint density at radius 2 is 2.15 bits per heavy atom. The maximum absolute atomic E-state index is 13.8. The Bertz CT molecular complexity index is 932. The summed E-state index contributed by atoms with van der Waals surface area (Å²) < 4.78 is 25.1. The predicted octanol–water partition coefficient (Wildman–Crippen LogP) is 4.12. The van der Waals surface area contributed by atoms with Crippen molar-refractivity contribution >= 4 is 22.5 Å². The van der Waals surface area contributed by atoms with Gasteiger partial charge in [0.25, 0.3) is 5.91 Å². The van der Waals surface area contributed by atoms with E-state index in [-0.39, 0.29) is 17.8 Å². The van der Waals surface area contributed by atoms with E-state index in [1.54, 1.807) is 24.3 Å². The number of hydrogen-bond donors (Lipinski definition) is 2. The highest BCUT2D eigenvalue weighted by atomic mass is 19.1. The molecule has 2 N–H and O–H groups in total. The number of nitrogens with one attached hydrogen (secondary N) is 2. The lowest BCUT2D eigenvalue weighted by Crippen LogP contribution is -2.16. The van der Waals surface area contributed by atoms with Crippen molar-refractivity contribution in [3.63, 3.8) is 0 Å². The van der Waals surface area contributed by atoms with Gasteiger partial charge in [-0.25, -0.2) is 4.39 Å². The van der Waals surface area contributed by atoms with E-state index < -0.39 is 0 Å². The normalized spacial score (nSPS) is 16.7. The second kappa shape index (κ2) is 7.17. The van der Waals surface area contributed by atoms with E-state index >= 15 is 0 Å². The first-order valence-electron chi connectivity index (χ1n) is 8.62. The number of anilines is 1. The number of halogens is 1. The molecule has 1 unspecified atom stereocenters. The molecule has 134 valence electrons. The van der Waals surface area contributed by atoms with Crippen LogP contribution in [0.15, 0.2) is 48.5 Å². The molecule has 1 amide bonds. The third kappa shape index (κ3) is 3.55. The topological polar surface area (TPSA) is 63.4 Å². The zero-order valence-corrected chi connectivity index (χ0v) is 14.1. The van der Waals surface area contributed by atoms with E-state index in [9.17, 15) is 9.18 Å². The standard InChI is InChI=1S/C20H19FN2O3/c21-17-7-2-8-18-16(17)11-19(23-18)20(24)22-13-4-1-5-14(10-13)26-12-15-6-3-9-25-15/h1-2,4-5,7-8,10-11,15,23H,3,6,9,12H2,(H,22,24). The minimum Gasteiger partial charge on any atom is -0.491 e. The molecule has 0 radical (unpaired) electrons. The van der Waals surface area contributed by atoms with Crippen LogP contribution in [-0.4, -0.2) is 30.2 Å². The van der Waals surface area contributed by atoms with Crippen LogP contribution in [0.2, 0.25) is 0 Å². The molecule has 0 aliphatic carbocycles. The van der Waals surface area contributed by atoms with Gasteiger partial charge in [0.1, 0.15) is 23.9 Å². The first-order chi connectivity index (χ1) is 12.7. The van der Waals surface area contributed by atoms with Crippen LogP contribution in [0.1, 0.15) is 23.3 Å². The van der Waals surface area contributed by atoms with Gasteiger partial charge >= 0.3 is 0 Å². The lowest BCUT2D eigenvalue weighted by Gasteiger charge is -2.12. The molecule has 3 aromatic rings. The van der Waals surface area contributed by atoms with Gasteiger partial charge in [-0.2, -0.15) is 0 Å². The van der Waals surface area contributed by atoms with Crippen molar-refractivity contribution in [3.05, 3.63) is 60.0 Å². The molecule has 26 heavy (non-hydrogen) atoms. The quantitative estimate of drug-likeness (QED) is 0.724. The smallest absolute Gasteiger partial charge is 0.272 e. The van der Waals surface area contributed by atoms with E-state index in [1.165, 1.54) is 12.1 Å². The lowest BCUT2D eigenvalue weighted by molar-refractivity contribution is 0.0680. The van der Waals surface area contributed by atoms with Crippen molar-refractivity contribution in [2.75, 3.05) is 18.5 Å². The monoisotopic (exact) mass is 354 g/mol. The number of amides is 1. The molecule has 2 heterocycles. The van der Waals surface area contributed by atoms with Gasteiger partial charge in [-0.3, -0.25) is 4.79 Å². The molecule has 2 aromatic carbocycles. The predicted molar refractivity (Wildman–Crippen MR) is 97.1 cm³/mol. The molecule has 0 saturated carbocycles. The lowest BCUT2D eigenvalue weighted by atomic mass is 10.2. The summed E-state index contributed by atoms with van der Waals surface area (Å²) in [7, 11) is 0. The minimum absolute atomic E-state index is 0.134. The van der Waals surface area contributed by atoms with Gasteiger partial charge in [0.15, 0.2) is 0 Å². The van der Waals surface area contributed by atoms with Crippen molar-refractivity contribution < 1.29 is 18.7 Å². The highest BCUT2D eigenvalue weighted by Gasteiger charge is 2.16. The Morgan fingerprint density at radius 3 is 2.96 bits per heavy atom. The fourth-order valence-corrected chi connectivity index (χ4v) is 3.07. The molecule has 1 aliphatic rings. The van der Waals surface area contributed by atoms with Crippen molar-refractivity contribution in [2.24, 2.45) is 0 Å². The average molecular weight is 354 g/mol. The molecule has 1 aromatic heterocycles. The first-order valence-corrected chi connectivity index (χ1v) is 8.62. The third-order valence-corrected chi connectivity index (χ3v) is 4.41. The summed E-state index contributed by atoms with van der Waals surface area (Å²) in [6, 6.07) is 13.4. The summed E-state index contributed by atoms with van der Waals surface area (Å²) in [5.74, 6) is -0.0276. The van der Waals surface area contributed by atoms with Crippen molar-refractivity contribution in [1.82, 2.24) is 4.98 Å². The van der Waals surface area contributed by atoms with Crippen LogP contribution >= 0.6 is 0 Å². The molecule has 1 aliphatic heterocycles. The number of fused-ring (bicyclic) bond motifs is 1. The summed E-state index contributed by atoms with van der Waals surface area (Å²) in [6.45, 7) is 1.29. The van der Waals surface area contributed by atoms with E-state index in [2.05, 4.69) is 10.3 Å². The maximum Gasteiger partial charge on any atom is 0.272 e. The minimum atomic E-state index is -0.359. The molecule has 1 fully saturated rings. The van der Waals surface area contributed by atoms with Gasteiger partial charge in [0.2, 0.25) is 0 Å². The largest absolute Gasteiger partial charge is 0.491 e. The summed E-state index contributed by atoms with van der Waals surface area (Å²) >= 11 is 0. The van der Waals surface area contributed by atoms with Crippen LogP contribution in [0.3, 0.4) is 0 Å². The van der Waals surface area contributed by atoms with Crippen LogP contribution in [0, 0.1) is 5.82 Å². The summed E-state index contributed by atoms with van der Waals surface area (Å²) in [6.07, 6.45) is 2.21. The number of rotatable bonds is 5. The highest BCUT2D eigenvalue weighted by Crippen LogP contribution is 2.22. The SMILES string of the molecule is O=C(Nc1cccc(OCC2CCCO2)c1)c1cc2c(F)cccc2[nH]1. The Hall–Kier alpha value is -2.86. The van der Waals surface area contributed by atoms with E-state index in [0.29, 0.717) is 34.6 Å². The van der Waals surface area contributed by atoms with Crippen LogP contribution < -0.4 is 10.1 Å². The maximum atomic E-state index is 13.8. The molecule has 0 bridgehead atoms. The van der Waals surface area contributed by atoms with Gasteiger partial charge in [-0.15, -0.1) is 0 Å². The third-order valence-electron chi connectivity index (χ3n) is 4.41. The van der Waals surface area contributed by atoms with Gasteiger partial charge in [0.05, 0.1) is 6.10 Å². The van der Waals surface area contributed by atoms with Crippen LogP contribution in [0.5, 0.6) is 5.75 Å². The fourth-order valence-electron chi connectivity index (χ4n) is 3.07. The number of benzene rings is 2. The average Bonchev–Trinajstić information content (AvgIpc) is 3.30. The number of carbonyl (C=O) groups excluding carboxylic acids is 1. The molecule has 1 saturated heterocycles. The van der Waals surface area contributed by atoms with Crippen molar-refractivity contribution in [1.29, 1.82) is 0 Å². The first kappa shape index (κ1) is 16.6. The summed E-state index contributed by atoms with van der Waals surface area (Å²) in [4.78, 5) is 15.4. The van der Waals surface area contributed by atoms with Crippen molar-refractivity contribution in [2.45, 2.75) is 18.9 Å². The fraction of sp³-hybridized carbons (Fsp3) is 0.250. The zero-order chi connectivity index (χ0) is 17.9. The Kier molecular flexibility index (Phi) is 4.58. The van der Waals surface area contributed by atoms with E-state index in [0.717, 1.165) is 19.4 Å². The van der Waals surface area contributed by atoms with Crippen LogP contribution in [0.4, 0.5) is 10.1 Å². The second-order valence-corrected chi connectivity index (χ2v) is 6.31. The van der Waals surface area contributed by atoms with Crippen LogP contribution in [-0.2, 0) is 4.74 Å². The molecule has 1 atom stereocenters. The number of ether oxygens (including phenoxy) is 2. The molecule has 5 nitrogen and oxygen atoms in total.